The molecule has 0 radical (unpaired) electrons. The average Bonchev–Trinajstić information content (AvgIpc) is 2.84. The van der Waals surface area contributed by atoms with Crippen molar-refractivity contribution < 1.29 is 19.1 Å². The molecule has 0 spiro atoms. The molecule has 0 aliphatic rings. The maximum atomic E-state index is 13.4. The van der Waals surface area contributed by atoms with Crippen molar-refractivity contribution in [3.8, 4) is 0 Å². The van der Waals surface area contributed by atoms with Crippen molar-refractivity contribution in [3.63, 3.8) is 0 Å². The Labute approximate surface area is 110 Å². The summed E-state index contributed by atoms with van der Waals surface area (Å²) in [7, 11) is 0. The number of benzene rings is 1. The minimum atomic E-state index is -1.22. The van der Waals surface area contributed by atoms with Crippen molar-refractivity contribution in [2.45, 2.75) is 0 Å². The lowest BCUT2D eigenvalue weighted by atomic mass is 10.2. The van der Waals surface area contributed by atoms with Gasteiger partial charge in [-0.25, -0.2) is 14.0 Å². The maximum Gasteiger partial charge on any atom is 0.335 e. The largest absolute Gasteiger partial charge is 0.478 e. The van der Waals surface area contributed by atoms with Crippen molar-refractivity contribution in [3.05, 3.63) is 35.1 Å². The summed E-state index contributed by atoms with van der Waals surface area (Å²) in [5, 5.41) is 20.6. The highest BCUT2D eigenvalue weighted by molar-refractivity contribution is 7.13. The number of carboxylic acids is 1. The number of hydrogen-bond acceptors (Lipinski definition) is 5. The van der Waals surface area contributed by atoms with Crippen LogP contribution >= 0.6 is 11.3 Å². The molecule has 2 aromatic rings. The summed E-state index contributed by atoms with van der Waals surface area (Å²) in [6, 6.07) is 2.35. The topological polar surface area (TPSA) is 104 Å². The molecule has 0 atom stereocenters. The molecule has 2 amide bonds. The van der Waals surface area contributed by atoms with E-state index in [4.69, 9.17) is 5.11 Å². The summed E-state index contributed by atoms with van der Waals surface area (Å²) in [5.74, 6) is -1.95. The highest BCUT2D eigenvalue weighted by Crippen LogP contribution is 2.17. The molecule has 0 aliphatic carbocycles. The van der Waals surface area contributed by atoms with Crippen LogP contribution in [-0.4, -0.2) is 27.3 Å². The fourth-order valence-electron chi connectivity index (χ4n) is 1.23. The predicted molar refractivity (Wildman–Crippen MR) is 65.9 cm³/mol. The van der Waals surface area contributed by atoms with Crippen LogP contribution in [0.5, 0.6) is 0 Å². The molecule has 98 valence electrons. The molecule has 0 saturated carbocycles. The number of amides is 2. The number of rotatable bonds is 3. The van der Waals surface area contributed by atoms with Crippen LogP contribution in [0.2, 0.25) is 0 Å². The summed E-state index contributed by atoms with van der Waals surface area (Å²) >= 11 is 1.09. The zero-order valence-corrected chi connectivity index (χ0v) is 10.1. The zero-order chi connectivity index (χ0) is 13.8. The van der Waals surface area contributed by atoms with Crippen molar-refractivity contribution in [1.82, 2.24) is 10.2 Å². The molecule has 1 heterocycles. The number of carboxylic acid groups (broad SMARTS) is 1. The molecule has 0 fully saturated rings. The number of aromatic nitrogens is 2. The molecule has 2 rings (SSSR count). The Bertz CT molecular complexity index is 617. The fraction of sp³-hybridized carbons (Fsp3) is 0. The van der Waals surface area contributed by atoms with Gasteiger partial charge in [0.1, 0.15) is 11.3 Å². The molecule has 9 heteroatoms. The normalized spacial score (nSPS) is 9.95. The molecular weight excluding hydrogens is 275 g/mol. The van der Waals surface area contributed by atoms with Gasteiger partial charge in [-0.15, -0.1) is 10.2 Å². The van der Waals surface area contributed by atoms with E-state index in [9.17, 15) is 14.0 Å². The molecule has 0 saturated heterocycles. The molecule has 0 unspecified atom stereocenters. The van der Waals surface area contributed by atoms with Gasteiger partial charge in [0.05, 0.1) is 11.3 Å². The summed E-state index contributed by atoms with van der Waals surface area (Å²) in [5.41, 5.74) is 1.05. The number of nitrogens with zero attached hydrogens (tertiary/aromatic N) is 2. The standard InChI is InChI=1S/C10H7FN4O3S/c11-6-2-1-5(8(16)17)3-7(6)13-9(18)14-10-15-12-4-19-10/h1-4H,(H,16,17)(H2,13,14,15,18). The van der Waals surface area contributed by atoms with E-state index in [2.05, 4.69) is 20.8 Å². The summed E-state index contributed by atoms with van der Waals surface area (Å²) < 4.78 is 13.4. The summed E-state index contributed by atoms with van der Waals surface area (Å²) in [6.07, 6.45) is 0. The third kappa shape index (κ3) is 3.22. The summed E-state index contributed by atoms with van der Waals surface area (Å²) in [4.78, 5) is 22.3. The van der Waals surface area contributed by atoms with Crippen molar-refractivity contribution in [2.24, 2.45) is 0 Å². The lowest BCUT2D eigenvalue weighted by molar-refractivity contribution is 0.0697. The van der Waals surface area contributed by atoms with Gasteiger partial charge in [0, 0.05) is 0 Å². The minimum absolute atomic E-state index is 0.132. The van der Waals surface area contributed by atoms with Gasteiger partial charge in [-0.05, 0) is 18.2 Å². The maximum absolute atomic E-state index is 13.4. The van der Waals surface area contributed by atoms with Gasteiger partial charge < -0.3 is 10.4 Å². The van der Waals surface area contributed by atoms with Crippen molar-refractivity contribution in [1.29, 1.82) is 0 Å². The van der Waals surface area contributed by atoms with E-state index >= 15 is 0 Å². The highest BCUT2D eigenvalue weighted by atomic mass is 32.1. The first-order chi connectivity index (χ1) is 9.06. The van der Waals surface area contributed by atoms with E-state index in [1.54, 1.807) is 0 Å². The van der Waals surface area contributed by atoms with Gasteiger partial charge in [0.15, 0.2) is 0 Å². The first-order valence-electron chi connectivity index (χ1n) is 4.93. The van der Waals surface area contributed by atoms with Crippen LogP contribution < -0.4 is 10.6 Å². The second-order valence-electron chi connectivity index (χ2n) is 3.32. The minimum Gasteiger partial charge on any atom is -0.478 e. The molecule has 3 N–H and O–H groups in total. The number of nitrogens with one attached hydrogen (secondary N) is 2. The zero-order valence-electron chi connectivity index (χ0n) is 9.25. The predicted octanol–water partition coefficient (Wildman–Crippen LogP) is 2.02. The van der Waals surface area contributed by atoms with E-state index in [0.717, 1.165) is 29.5 Å². The van der Waals surface area contributed by atoms with Crippen LogP contribution in [0.1, 0.15) is 10.4 Å². The molecular formula is C10H7FN4O3S. The Morgan fingerprint density at radius 2 is 2.11 bits per heavy atom. The highest BCUT2D eigenvalue weighted by Gasteiger charge is 2.11. The smallest absolute Gasteiger partial charge is 0.335 e. The molecule has 7 nitrogen and oxygen atoms in total. The molecule has 0 aliphatic heterocycles. The lowest BCUT2D eigenvalue weighted by Gasteiger charge is -2.07. The van der Waals surface area contributed by atoms with Crippen LogP contribution in [0.3, 0.4) is 0 Å². The number of carbonyl (C=O) groups excluding carboxylic acids is 1. The van der Waals surface area contributed by atoms with Crippen LogP contribution in [-0.2, 0) is 0 Å². The Morgan fingerprint density at radius 3 is 2.74 bits per heavy atom. The summed E-state index contributed by atoms with van der Waals surface area (Å²) in [6.45, 7) is 0. The van der Waals surface area contributed by atoms with Crippen LogP contribution in [0, 0.1) is 5.82 Å². The van der Waals surface area contributed by atoms with Gasteiger partial charge >= 0.3 is 12.0 Å². The van der Waals surface area contributed by atoms with E-state index in [0.29, 0.717) is 0 Å². The number of anilines is 2. The third-order valence-corrected chi connectivity index (χ3v) is 2.65. The van der Waals surface area contributed by atoms with Crippen LogP contribution in [0.15, 0.2) is 23.7 Å². The van der Waals surface area contributed by atoms with Gasteiger partial charge in [-0.1, -0.05) is 11.3 Å². The lowest BCUT2D eigenvalue weighted by Crippen LogP contribution is -2.20. The van der Waals surface area contributed by atoms with E-state index in [-0.39, 0.29) is 16.4 Å². The van der Waals surface area contributed by atoms with Gasteiger partial charge in [0.25, 0.3) is 0 Å². The van der Waals surface area contributed by atoms with Gasteiger partial charge in [-0.2, -0.15) is 0 Å². The van der Waals surface area contributed by atoms with E-state index in [1.807, 2.05) is 0 Å². The fourth-order valence-corrected chi connectivity index (χ4v) is 1.67. The second-order valence-corrected chi connectivity index (χ2v) is 4.16. The number of aromatic carboxylic acids is 1. The molecule has 1 aromatic carbocycles. The SMILES string of the molecule is O=C(Nc1nncs1)Nc1cc(C(=O)O)ccc1F. The third-order valence-electron chi connectivity index (χ3n) is 2.04. The molecule has 19 heavy (non-hydrogen) atoms. The van der Waals surface area contributed by atoms with E-state index < -0.39 is 17.8 Å². The average molecular weight is 282 g/mol. The second kappa shape index (κ2) is 5.40. The number of hydrogen-bond donors (Lipinski definition) is 3. The first kappa shape index (κ1) is 12.9. The number of halogens is 1. The van der Waals surface area contributed by atoms with Crippen LogP contribution in [0.25, 0.3) is 0 Å². The molecule has 1 aromatic heterocycles. The van der Waals surface area contributed by atoms with Crippen LogP contribution in [0.4, 0.5) is 20.0 Å². The quantitative estimate of drug-likeness (QED) is 0.798. The number of urea groups is 1. The Morgan fingerprint density at radius 1 is 1.32 bits per heavy atom. The Balaban J connectivity index is 2.11. The van der Waals surface area contributed by atoms with Crippen molar-refractivity contribution >= 4 is 34.2 Å². The van der Waals surface area contributed by atoms with Crippen molar-refractivity contribution in [2.75, 3.05) is 10.6 Å². The van der Waals surface area contributed by atoms with Gasteiger partial charge in [-0.3, -0.25) is 5.32 Å². The first-order valence-corrected chi connectivity index (χ1v) is 5.81. The molecule has 0 bridgehead atoms. The van der Waals surface area contributed by atoms with E-state index in [1.165, 1.54) is 5.51 Å². The van der Waals surface area contributed by atoms with Gasteiger partial charge in [0.2, 0.25) is 5.13 Å². The Hall–Kier alpha value is -2.55. The number of carbonyl (C=O) groups is 2. The monoisotopic (exact) mass is 282 g/mol. The Kier molecular flexibility index (Phi) is 3.66.